The van der Waals surface area contributed by atoms with Crippen LogP contribution in [-0.2, 0) is 6.42 Å². The molecule has 1 aromatic carbocycles. The Labute approximate surface area is 93.0 Å². The van der Waals surface area contributed by atoms with Crippen LogP contribution >= 0.6 is 31.9 Å². The van der Waals surface area contributed by atoms with E-state index >= 15 is 0 Å². The Morgan fingerprint density at radius 3 is 2.31 bits per heavy atom. The molecule has 0 fully saturated rings. The fourth-order valence-electron chi connectivity index (χ4n) is 0.967. The zero-order valence-corrected chi connectivity index (χ0v) is 9.68. The Kier molecular flexibility index (Phi) is 3.48. The molecule has 0 saturated carbocycles. The number of hydrogen-bond acceptors (Lipinski definition) is 2. The maximum atomic E-state index is 8.84. The predicted octanol–water partition coefficient (Wildman–Crippen LogP) is 3.15. The molecule has 0 aliphatic rings. The van der Waals surface area contributed by atoms with Crippen molar-refractivity contribution in [2.45, 2.75) is 6.42 Å². The van der Waals surface area contributed by atoms with Crippen molar-refractivity contribution in [1.29, 1.82) is 10.5 Å². The molecular weight excluding hydrogens is 296 g/mol. The molecule has 0 aromatic heterocycles. The molecule has 1 aromatic rings. The normalized spacial score (nSPS) is 8.92. The van der Waals surface area contributed by atoms with Crippen molar-refractivity contribution in [2.75, 3.05) is 0 Å². The van der Waals surface area contributed by atoms with Crippen LogP contribution in [0.2, 0.25) is 0 Å². The Balaban J connectivity index is 3.39. The first kappa shape index (κ1) is 10.2. The average Bonchev–Trinajstić information content (AvgIpc) is 2.12. The average molecular weight is 300 g/mol. The largest absolute Gasteiger partial charge is 0.198 e. The first-order chi connectivity index (χ1) is 6.20. The summed E-state index contributed by atoms with van der Waals surface area (Å²) in [6.07, 6.45) is 0.239. The molecule has 0 N–H and O–H groups in total. The van der Waals surface area contributed by atoms with Crippen molar-refractivity contribution in [3.8, 4) is 12.1 Å². The quantitative estimate of drug-likeness (QED) is 0.800. The predicted molar refractivity (Wildman–Crippen MR) is 55.9 cm³/mol. The number of nitriles is 2. The molecule has 4 heteroatoms. The summed E-state index contributed by atoms with van der Waals surface area (Å²) in [4.78, 5) is 0. The van der Waals surface area contributed by atoms with Crippen LogP contribution in [0.4, 0.5) is 0 Å². The van der Waals surface area contributed by atoms with Gasteiger partial charge in [0.2, 0.25) is 0 Å². The zero-order valence-electron chi connectivity index (χ0n) is 6.51. The van der Waals surface area contributed by atoms with Gasteiger partial charge in [-0.15, -0.1) is 0 Å². The minimum Gasteiger partial charge on any atom is -0.198 e. The first-order valence-corrected chi connectivity index (χ1v) is 5.03. The molecule has 0 aliphatic heterocycles. The van der Waals surface area contributed by atoms with E-state index < -0.39 is 0 Å². The van der Waals surface area contributed by atoms with E-state index in [1.165, 1.54) is 0 Å². The van der Waals surface area contributed by atoms with Crippen LogP contribution in [-0.4, -0.2) is 0 Å². The highest BCUT2D eigenvalue weighted by atomic mass is 79.9. The minimum absolute atomic E-state index is 0.239. The summed E-state index contributed by atoms with van der Waals surface area (Å²) in [6, 6.07) is 7.68. The Hall–Kier alpha value is -0.840. The van der Waals surface area contributed by atoms with Gasteiger partial charge >= 0.3 is 0 Å². The van der Waals surface area contributed by atoms with Gasteiger partial charge < -0.3 is 0 Å². The highest BCUT2D eigenvalue weighted by Gasteiger charge is 2.09. The smallest absolute Gasteiger partial charge is 0.101 e. The van der Waals surface area contributed by atoms with Gasteiger partial charge in [0, 0.05) is 8.95 Å². The van der Waals surface area contributed by atoms with Crippen molar-refractivity contribution < 1.29 is 0 Å². The van der Waals surface area contributed by atoms with E-state index in [0.717, 1.165) is 14.5 Å². The van der Waals surface area contributed by atoms with Gasteiger partial charge in [-0.1, -0.05) is 15.9 Å². The van der Waals surface area contributed by atoms with Gasteiger partial charge in [-0.25, -0.2) is 0 Å². The number of benzene rings is 1. The molecule has 0 heterocycles. The zero-order chi connectivity index (χ0) is 9.84. The number of halogens is 2. The van der Waals surface area contributed by atoms with Gasteiger partial charge in [-0.3, -0.25) is 0 Å². The fraction of sp³-hybridized carbons (Fsp3) is 0.111. The second-order valence-corrected chi connectivity index (χ2v) is 4.04. The molecule has 0 bridgehead atoms. The van der Waals surface area contributed by atoms with Gasteiger partial charge in [0.25, 0.3) is 0 Å². The van der Waals surface area contributed by atoms with Gasteiger partial charge in [-0.2, -0.15) is 10.5 Å². The molecule has 0 radical (unpaired) electrons. The number of rotatable bonds is 1. The summed E-state index contributed by atoms with van der Waals surface area (Å²) in [5, 5.41) is 17.4. The number of nitrogens with zero attached hydrogens (tertiary/aromatic N) is 2. The second kappa shape index (κ2) is 4.41. The second-order valence-electron chi connectivity index (χ2n) is 2.33. The van der Waals surface area contributed by atoms with Crippen LogP contribution < -0.4 is 0 Å². The molecule has 0 amide bonds. The van der Waals surface area contributed by atoms with Gasteiger partial charge in [0.05, 0.1) is 18.1 Å². The highest BCUT2D eigenvalue weighted by molar-refractivity contribution is 9.11. The SMILES string of the molecule is N#CCc1c(Br)ccc(Br)c1C#N. The van der Waals surface area contributed by atoms with Crippen molar-refractivity contribution in [1.82, 2.24) is 0 Å². The molecule has 0 aliphatic carbocycles. The van der Waals surface area contributed by atoms with Crippen LogP contribution in [0.15, 0.2) is 21.1 Å². The maximum Gasteiger partial charge on any atom is 0.101 e. The summed E-state index contributed by atoms with van der Waals surface area (Å²) in [5.41, 5.74) is 1.26. The van der Waals surface area contributed by atoms with E-state index in [0.29, 0.717) is 5.56 Å². The van der Waals surface area contributed by atoms with Gasteiger partial charge in [0.15, 0.2) is 0 Å². The summed E-state index contributed by atoms with van der Waals surface area (Å²) in [7, 11) is 0. The van der Waals surface area contributed by atoms with Crippen molar-refractivity contribution in [3.63, 3.8) is 0 Å². The Morgan fingerprint density at radius 2 is 1.77 bits per heavy atom. The molecule has 1 rings (SSSR count). The topological polar surface area (TPSA) is 47.6 Å². The molecule has 64 valence electrons. The molecular formula is C9H4Br2N2. The van der Waals surface area contributed by atoms with Crippen LogP contribution in [0, 0.1) is 22.7 Å². The van der Waals surface area contributed by atoms with E-state index in [1.54, 1.807) is 6.07 Å². The lowest BCUT2D eigenvalue weighted by Gasteiger charge is -2.03. The third-order valence-corrected chi connectivity index (χ3v) is 2.98. The lowest BCUT2D eigenvalue weighted by atomic mass is 10.1. The number of hydrogen-bond donors (Lipinski definition) is 0. The van der Waals surface area contributed by atoms with E-state index in [9.17, 15) is 0 Å². The van der Waals surface area contributed by atoms with Crippen molar-refractivity contribution in [2.24, 2.45) is 0 Å². The monoisotopic (exact) mass is 298 g/mol. The third kappa shape index (κ3) is 2.09. The lowest BCUT2D eigenvalue weighted by Crippen LogP contribution is -1.91. The summed E-state index contributed by atoms with van der Waals surface area (Å²) >= 11 is 6.56. The lowest BCUT2D eigenvalue weighted by molar-refractivity contribution is 1.22. The molecule has 0 spiro atoms. The molecule has 0 atom stereocenters. The van der Waals surface area contributed by atoms with E-state index in [-0.39, 0.29) is 6.42 Å². The maximum absolute atomic E-state index is 8.84. The van der Waals surface area contributed by atoms with Crippen molar-refractivity contribution >= 4 is 31.9 Å². The van der Waals surface area contributed by atoms with Gasteiger partial charge in [-0.05, 0) is 33.6 Å². The molecule has 2 nitrogen and oxygen atoms in total. The summed E-state index contributed by atoms with van der Waals surface area (Å²) in [5.74, 6) is 0. The van der Waals surface area contributed by atoms with Crippen molar-refractivity contribution in [3.05, 3.63) is 32.2 Å². The first-order valence-electron chi connectivity index (χ1n) is 3.44. The standard InChI is InChI=1S/C9H4Br2N2/c10-8-1-2-9(11)7(5-13)6(8)3-4-12/h1-2H,3H2. The molecule has 0 saturated heterocycles. The van der Waals surface area contributed by atoms with Crippen LogP contribution in [0.5, 0.6) is 0 Å². The minimum atomic E-state index is 0.239. The Bertz CT molecular complexity index is 413. The van der Waals surface area contributed by atoms with E-state index in [1.807, 2.05) is 12.1 Å². The highest BCUT2D eigenvalue weighted by Crippen LogP contribution is 2.27. The summed E-state index contributed by atoms with van der Waals surface area (Å²) < 4.78 is 1.53. The third-order valence-electron chi connectivity index (χ3n) is 1.57. The van der Waals surface area contributed by atoms with Crippen LogP contribution in [0.1, 0.15) is 11.1 Å². The Morgan fingerprint density at radius 1 is 1.15 bits per heavy atom. The fourth-order valence-corrected chi connectivity index (χ4v) is 1.90. The molecule has 13 heavy (non-hydrogen) atoms. The van der Waals surface area contributed by atoms with Crippen LogP contribution in [0.3, 0.4) is 0 Å². The summed E-state index contributed by atoms with van der Waals surface area (Å²) in [6.45, 7) is 0. The van der Waals surface area contributed by atoms with E-state index in [2.05, 4.69) is 37.9 Å². The van der Waals surface area contributed by atoms with E-state index in [4.69, 9.17) is 10.5 Å². The molecule has 0 unspecified atom stereocenters. The van der Waals surface area contributed by atoms with Gasteiger partial charge in [0.1, 0.15) is 6.07 Å². The van der Waals surface area contributed by atoms with Crippen LogP contribution in [0.25, 0.3) is 0 Å².